The lowest BCUT2D eigenvalue weighted by Crippen LogP contribution is -2.25. The summed E-state index contributed by atoms with van der Waals surface area (Å²) in [5, 5.41) is 4.23. The van der Waals surface area contributed by atoms with Crippen molar-refractivity contribution >= 4 is 23.0 Å². The molecule has 0 aromatic heterocycles. The Morgan fingerprint density at radius 3 is 2.67 bits per heavy atom. The number of rotatable bonds is 4. The average molecular weight is 187 g/mol. The van der Waals surface area contributed by atoms with Crippen LogP contribution in [-0.4, -0.2) is 10.8 Å². The van der Waals surface area contributed by atoms with E-state index >= 15 is 0 Å². The summed E-state index contributed by atoms with van der Waals surface area (Å²) >= 11 is 4.62. The van der Waals surface area contributed by atoms with Crippen LogP contribution in [0.1, 0.15) is 33.6 Å². The number of hydrazone groups is 1. The number of thiocarbonyl (C=S) groups is 1. The van der Waals surface area contributed by atoms with Crippen LogP contribution in [0.5, 0.6) is 0 Å². The number of nitrogens with zero attached hydrogens (tertiary/aromatic N) is 1. The Morgan fingerprint density at radius 1 is 1.67 bits per heavy atom. The van der Waals surface area contributed by atoms with Gasteiger partial charge < -0.3 is 5.73 Å². The zero-order chi connectivity index (χ0) is 9.56. The molecule has 3 nitrogen and oxygen atoms in total. The van der Waals surface area contributed by atoms with Crippen molar-refractivity contribution in [2.75, 3.05) is 0 Å². The molecule has 70 valence electrons. The van der Waals surface area contributed by atoms with Gasteiger partial charge in [0.25, 0.3) is 0 Å². The molecule has 3 N–H and O–H groups in total. The molecule has 0 spiro atoms. The minimum Gasteiger partial charge on any atom is -0.375 e. The normalized spacial score (nSPS) is 14.1. The zero-order valence-corrected chi connectivity index (χ0v) is 8.74. The van der Waals surface area contributed by atoms with Crippen LogP contribution in [-0.2, 0) is 0 Å². The van der Waals surface area contributed by atoms with Crippen molar-refractivity contribution in [1.82, 2.24) is 5.43 Å². The van der Waals surface area contributed by atoms with Crippen molar-refractivity contribution in [3.8, 4) is 0 Å². The summed E-state index contributed by atoms with van der Waals surface area (Å²) in [6.07, 6.45) is 2.16. The summed E-state index contributed by atoms with van der Waals surface area (Å²) in [4.78, 5) is 0. The van der Waals surface area contributed by atoms with Crippen molar-refractivity contribution in [2.45, 2.75) is 33.6 Å². The lowest BCUT2D eigenvalue weighted by molar-refractivity contribution is 0.584. The minimum atomic E-state index is 0.221. The summed E-state index contributed by atoms with van der Waals surface area (Å²) in [7, 11) is 0. The Balaban J connectivity index is 3.77. The van der Waals surface area contributed by atoms with Gasteiger partial charge in [0.15, 0.2) is 5.11 Å². The quantitative estimate of drug-likeness (QED) is 0.399. The Labute approximate surface area is 79.4 Å². The third-order valence-corrected chi connectivity index (χ3v) is 1.79. The van der Waals surface area contributed by atoms with E-state index in [9.17, 15) is 0 Å². The SMILES string of the molecule is CCC(C)CC(C)=NNC(N)=S. The number of hydrogen-bond donors (Lipinski definition) is 2. The van der Waals surface area contributed by atoms with E-state index in [1.165, 1.54) is 6.42 Å². The van der Waals surface area contributed by atoms with Gasteiger partial charge in [0, 0.05) is 5.71 Å². The molecule has 1 unspecified atom stereocenters. The molecule has 0 aromatic carbocycles. The summed E-state index contributed by atoms with van der Waals surface area (Å²) < 4.78 is 0. The van der Waals surface area contributed by atoms with Gasteiger partial charge in [-0.15, -0.1) is 0 Å². The fourth-order valence-corrected chi connectivity index (χ4v) is 0.890. The van der Waals surface area contributed by atoms with Gasteiger partial charge in [-0.25, -0.2) is 0 Å². The predicted molar refractivity (Wildman–Crippen MR) is 57.1 cm³/mol. The molecule has 0 heterocycles. The first-order valence-corrected chi connectivity index (χ1v) is 4.55. The van der Waals surface area contributed by atoms with Crippen LogP contribution >= 0.6 is 12.2 Å². The molecule has 0 saturated carbocycles. The summed E-state index contributed by atoms with van der Waals surface area (Å²) in [5.41, 5.74) is 8.83. The van der Waals surface area contributed by atoms with E-state index in [4.69, 9.17) is 5.73 Å². The molecule has 0 amide bonds. The maximum Gasteiger partial charge on any atom is 0.184 e. The molecule has 0 aliphatic rings. The minimum absolute atomic E-state index is 0.221. The Kier molecular flexibility index (Phi) is 5.62. The molecule has 0 aromatic rings. The maximum atomic E-state index is 5.22. The second kappa shape index (κ2) is 5.94. The van der Waals surface area contributed by atoms with E-state index in [1.54, 1.807) is 0 Å². The summed E-state index contributed by atoms with van der Waals surface area (Å²) in [5.74, 6) is 0.668. The second-order valence-electron chi connectivity index (χ2n) is 3.04. The number of nitrogens with two attached hydrogens (primary N) is 1. The van der Waals surface area contributed by atoms with Crippen LogP contribution in [0.2, 0.25) is 0 Å². The third-order valence-electron chi connectivity index (χ3n) is 1.70. The van der Waals surface area contributed by atoms with E-state index in [1.807, 2.05) is 6.92 Å². The Bertz CT molecular complexity index is 177. The summed E-state index contributed by atoms with van der Waals surface area (Å²) in [6.45, 7) is 6.33. The largest absolute Gasteiger partial charge is 0.375 e. The van der Waals surface area contributed by atoms with Gasteiger partial charge in [-0.05, 0) is 31.5 Å². The summed E-state index contributed by atoms with van der Waals surface area (Å²) in [6, 6.07) is 0. The van der Waals surface area contributed by atoms with Gasteiger partial charge >= 0.3 is 0 Å². The Hall–Kier alpha value is -0.640. The lowest BCUT2D eigenvalue weighted by Gasteiger charge is -2.07. The first-order chi connectivity index (χ1) is 5.56. The fraction of sp³-hybridized carbons (Fsp3) is 0.750. The molecule has 0 rings (SSSR count). The van der Waals surface area contributed by atoms with E-state index in [2.05, 4.69) is 36.6 Å². The number of nitrogens with one attached hydrogen (secondary N) is 1. The molecule has 0 bridgehead atoms. The first-order valence-electron chi connectivity index (χ1n) is 4.14. The van der Waals surface area contributed by atoms with E-state index in [0.717, 1.165) is 12.1 Å². The monoisotopic (exact) mass is 187 g/mol. The van der Waals surface area contributed by atoms with Crippen LogP contribution in [0.3, 0.4) is 0 Å². The van der Waals surface area contributed by atoms with Crippen molar-refractivity contribution in [3.63, 3.8) is 0 Å². The number of hydrogen-bond acceptors (Lipinski definition) is 2. The van der Waals surface area contributed by atoms with Crippen molar-refractivity contribution in [1.29, 1.82) is 0 Å². The van der Waals surface area contributed by atoms with E-state index in [-0.39, 0.29) is 5.11 Å². The predicted octanol–water partition coefficient (Wildman–Crippen LogP) is 1.63. The molecule has 0 radical (unpaired) electrons. The molecular weight excluding hydrogens is 170 g/mol. The highest BCUT2D eigenvalue weighted by Crippen LogP contribution is 2.06. The highest BCUT2D eigenvalue weighted by Gasteiger charge is 2.00. The highest BCUT2D eigenvalue weighted by atomic mass is 32.1. The molecule has 0 saturated heterocycles. The second-order valence-corrected chi connectivity index (χ2v) is 3.48. The van der Waals surface area contributed by atoms with Crippen molar-refractivity contribution in [2.24, 2.45) is 16.8 Å². The van der Waals surface area contributed by atoms with Gasteiger partial charge in [0.1, 0.15) is 0 Å². The van der Waals surface area contributed by atoms with E-state index in [0.29, 0.717) is 5.92 Å². The van der Waals surface area contributed by atoms with Crippen molar-refractivity contribution < 1.29 is 0 Å². The zero-order valence-electron chi connectivity index (χ0n) is 7.92. The van der Waals surface area contributed by atoms with Crippen LogP contribution < -0.4 is 11.2 Å². The molecular formula is C8H17N3S. The smallest absolute Gasteiger partial charge is 0.184 e. The standard InChI is InChI=1S/C8H17N3S/c1-4-6(2)5-7(3)10-11-8(9)12/h6H,4-5H2,1-3H3,(H3,9,11,12). The highest BCUT2D eigenvalue weighted by molar-refractivity contribution is 7.80. The van der Waals surface area contributed by atoms with E-state index < -0.39 is 0 Å². The maximum absolute atomic E-state index is 5.22. The van der Waals surface area contributed by atoms with Crippen LogP contribution in [0.25, 0.3) is 0 Å². The fourth-order valence-electron chi connectivity index (χ4n) is 0.845. The van der Waals surface area contributed by atoms with Crippen molar-refractivity contribution in [3.05, 3.63) is 0 Å². The topological polar surface area (TPSA) is 50.4 Å². The Morgan fingerprint density at radius 2 is 2.25 bits per heavy atom. The van der Waals surface area contributed by atoms with Gasteiger partial charge in [-0.1, -0.05) is 20.3 Å². The van der Waals surface area contributed by atoms with Gasteiger partial charge in [-0.2, -0.15) is 5.10 Å². The lowest BCUT2D eigenvalue weighted by atomic mass is 10.0. The van der Waals surface area contributed by atoms with Crippen LogP contribution in [0.4, 0.5) is 0 Å². The van der Waals surface area contributed by atoms with Gasteiger partial charge in [0.2, 0.25) is 0 Å². The molecule has 0 fully saturated rings. The average Bonchev–Trinajstić information content (AvgIpc) is 2.00. The molecule has 0 aliphatic carbocycles. The van der Waals surface area contributed by atoms with Gasteiger partial charge in [0.05, 0.1) is 0 Å². The molecule has 12 heavy (non-hydrogen) atoms. The molecule has 0 aliphatic heterocycles. The third kappa shape index (κ3) is 6.09. The molecule has 4 heteroatoms. The first kappa shape index (κ1) is 11.4. The van der Waals surface area contributed by atoms with Crippen LogP contribution in [0.15, 0.2) is 5.10 Å². The van der Waals surface area contributed by atoms with Gasteiger partial charge in [-0.3, -0.25) is 5.43 Å². The molecule has 1 atom stereocenters. The van der Waals surface area contributed by atoms with Crippen LogP contribution in [0, 0.1) is 5.92 Å².